The third-order valence-electron chi connectivity index (χ3n) is 2.98. The van der Waals surface area contributed by atoms with Gasteiger partial charge in [-0.1, -0.05) is 13.8 Å². The lowest BCUT2D eigenvalue weighted by molar-refractivity contribution is -0.141. The highest BCUT2D eigenvalue weighted by Crippen LogP contribution is 2.27. The number of rotatable bonds is 5. The Morgan fingerprint density at radius 1 is 1.17 bits per heavy atom. The first-order valence-electron chi connectivity index (χ1n) is 5.74. The summed E-state index contributed by atoms with van der Waals surface area (Å²) in [5, 5.41) is 9.50. The van der Waals surface area contributed by atoms with Crippen LogP contribution in [0.5, 0.6) is 0 Å². The molecule has 0 aliphatic rings. The molecule has 3 N–H and O–H groups in total. The van der Waals surface area contributed by atoms with E-state index in [2.05, 4.69) is 15.5 Å². The molecule has 1 rings (SSSR count). The van der Waals surface area contributed by atoms with E-state index in [9.17, 15) is 13.2 Å². The summed E-state index contributed by atoms with van der Waals surface area (Å²) in [5.74, 6) is 0.291. The van der Waals surface area contributed by atoms with Crippen LogP contribution in [0.25, 0.3) is 0 Å². The van der Waals surface area contributed by atoms with Gasteiger partial charge in [0.1, 0.15) is 5.82 Å². The molecule has 0 atom stereocenters. The van der Waals surface area contributed by atoms with E-state index >= 15 is 0 Å². The number of halogens is 3. The van der Waals surface area contributed by atoms with Crippen molar-refractivity contribution in [3.05, 3.63) is 17.8 Å². The zero-order chi connectivity index (χ0) is 13.8. The van der Waals surface area contributed by atoms with Crippen molar-refractivity contribution in [2.75, 3.05) is 11.9 Å². The molecule has 0 aliphatic carbocycles. The summed E-state index contributed by atoms with van der Waals surface area (Å²) >= 11 is 0. The lowest BCUT2D eigenvalue weighted by Crippen LogP contribution is -2.45. The standard InChI is InChI=1S/C11H17F3N4/c1-3-10(15,4-2)7-16-9-6-5-8(17-18-9)11(12,13)14/h5-6H,3-4,7,15H2,1-2H3,(H,16,18). The molecule has 0 saturated heterocycles. The van der Waals surface area contributed by atoms with Gasteiger partial charge < -0.3 is 11.1 Å². The van der Waals surface area contributed by atoms with Crippen LogP contribution in [0.15, 0.2) is 12.1 Å². The normalized spacial score (nSPS) is 12.6. The first-order valence-corrected chi connectivity index (χ1v) is 5.74. The van der Waals surface area contributed by atoms with E-state index in [1.54, 1.807) is 0 Å². The summed E-state index contributed by atoms with van der Waals surface area (Å²) in [6, 6.07) is 2.15. The highest BCUT2D eigenvalue weighted by molar-refractivity contribution is 5.34. The predicted molar refractivity (Wildman–Crippen MR) is 63.0 cm³/mol. The Hall–Kier alpha value is -1.37. The van der Waals surface area contributed by atoms with Crippen LogP contribution in [-0.4, -0.2) is 22.3 Å². The Morgan fingerprint density at radius 2 is 1.78 bits per heavy atom. The second kappa shape index (κ2) is 5.51. The molecule has 4 nitrogen and oxygen atoms in total. The summed E-state index contributed by atoms with van der Waals surface area (Å²) in [5.41, 5.74) is 4.67. The first-order chi connectivity index (χ1) is 8.30. The Balaban J connectivity index is 2.65. The van der Waals surface area contributed by atoms with Gasteiger partial charge in [0, 0.05) is 12.1 Å². The maximum absolute atomic E-state index is 12.3. The number of nitrogens with one attached hydrogen (secondary N) is 1. The molecule has 1 aromatic rings. The second-order valence-electron chi connectivity index (χ2n) is 4.22. The largest absolute Gasteiger partial charge is 0.435 e. The molecule has 0 aliphatic heterocycles. The van der Waals surface area contributed by atoms with Gasteiger partial charge in [0.15, 0.2) is 5.69 Å². The van der Waals surface area contributed by atoms with Gasteiger partial charge in [-0.2, -0.15) is 13.2 Å². The van der Waals surface area contributed by atoms with E-state index in [-0.39, 0.29) is 5.54 Å². The molecule has 0 radical (unpaired) electrons. The number of nitrogens with two attached hydrogens (primary N) is 1. The average Bonchev–Trinajstić information content (AvgIpc) is 2.35. The van der Waals surface area contributed by atoms with Gasteiger partial charge in [0.05, 0.1) is 0 Å². The smallest absolute Gasteiger partial charge is 0.367 e. The van der Waals surface area contributed by atoms with E-state index in [0.717, 1.165) is 18.9 Å². The Morgan fingerprint density at radius 3 is 2.17 bits per heavy atom. The SMILES string of the molecule is CCC(N)(CC)CNc1ccc(C(F)(F)F)nn1. The quantitative estimate of drug-likeness (QED) is 0.855. The molecule has 1 aromatic heterocycles. The minimum absolute atomic E-state index is 0.291. The van der Waals surface area contributed by atoms with E-state index < -0.39 is 11.9 Å². The van der Waals surface area contributed by atoms with Crippen LogP contribution in [0, 0.1) is 0 Å². The van der Waals surface area contributed by atoms with Crippen LogP contribution in [0.4, 0.5) is 19.0 Å². The van der Waals surface area contributed by atoms with Crippen molar-refractivity contribution in [3.63, 3.8) is 0 Å². The summed E-state index contributed by atoms with van der Waals surface area (Å²) < 4.78 is 36.8. The van der Waals surface area contributed by atoms with E-state index in [0.29, 0.717) is 12.4 Å². The monoisotopic (exact) mass is 262 g/mol. The predicted octanol–water partition coefficient (Wildman–Crippen LogP) is 2.42. The summed E-state index contributed by atoms with van der Waals surface area (Å²) in [4.78, 5) is 0. The number of nitrogens with zero attached hydrogens (tertiary/aromatic N) is 2. The number of hydrogen-bond acceptors (Lipinski definition) is 4. The average molecular weight is 262 g/mol. The molecular formula is C11H17F3N4. The third-order valence-corrected chi connectivity index (χ3v) is 2.98. The number of anilines is 1. The number of hydrogen-bond donors (Lipinski definition) is 2. The van der Waals surface area contributed by atoms with Gasteiger partial charge in [0.2, 0.25) is 0 Å². The van der Waals surface area contributed by atoms with Crippen LogP contribution in [0.3, 0.4) is 0 Å². The molecule has 7 heteroatoms. The second-order valence-corrected chi connectivity index (χ2v) is 4.22. The van der Waals surface area contributed by atoms with E-state index in [4.69, 9.17) is 5.73 Å². The maximum Gasteiger partial charge on any atom is 0.435 e. The molecule has 102 valence electrons. The van der Waals surface area contributed by atoms with E-state index in [1.807, 2.05) is 13.8 Å². The van der Waals surface area contributed by atoms with E-state index in [1.165, 1.54) is 6.07 Å². The molecular weight excluding hydrogens is 245 g/mol. The first kappa shape index (κ1) is 14.7. The minimum atomic E-state index is -4.46. The Labute approximate surface area is 104 Å². The minimum Gasteiger partial charge on any atom is -0.367 e. The van der Waals surface area contributed by atoms with Crippen LogP contribution >= 0.6 is 0 Å². The molecule has 18 heavy (non-hydrogen) atoms. The molecule has 0 unspecified atom stereocenters. The van der Waals surface area contributed by atoms with Crippen molar-refractivity contribution in [2.45, 2.75) is 38.4 Å². The molecule has 1 heterocycles. The van der Waals surface area contributed by atoms with Gasteiger partial charge in [-0.15, -0.1) is 10.2 Å². The summed E-state index contributed by atoms with van der Waals surface area (Å²) in [7, 11) is 0. The summed E-state index contributed by atoms with van der Waals surface area (Å²) in [6.07, 6.45) is -2.93. The Kier molecular flexibility index (Phi) is 4.50. The number of aromatic nitrogens is 2. The fourth-order valence-corrected chi connectivity index (χ4v) is 1.34. The van der Waals surface area contributed by atoms with Gasteiger partial charge in [0.25, 0.3) is 0 Å². The van der Waals surface area contributed by atoms with Crippen LogP contribution in [0.2, 0.25) is 0 Å². The zero-order valence-electron chi connectivity index (χ0n) is 10.4. The molecule has 0 fully saturated rings. The fraction of sp³-hybridized carbons (Fsp3) is 0.636. The van der Waals surface area contributed by atoms with Crippen molar-refractivity contribution in [3.8, 4) is 0 Å². The van der Waals surface area contributed by atoms with Crippen molar-refractivity contribution in [1.82, 2.24) is 10.2 Å². The Bertz CT molecular complexity index is 371. The van der Waals surface area contributed by atoms with Gasteiger partial charge in [-0.05, 0) is 25.0 Å². The lowest BCUT2D eigenvalue weighted by atomic mass is 9.94. The van der Waals surface area contributed by atoms with Crippen molar-refractivity contribution in [2.24, 2.45) is 5.73 Å². The molecule has 0 aromatic carbocycles. The third kappa shape index (κ3) is 3.83. The zero-order valence-corrected chi connectivity index (χ0v) is 10.4. The fourth-order valence-electron chi connectivity index (χ4n) is 1.34. The number of alkyl halides is 3. The topological polar surface area (TPSA) is 63.8 Å². The van der Waals surface area contributed by atoms with Crippen LogP contribution in [-0.2, 0) is 6.18 Å². The van der Waals surface area contributed by atoms with Gasteiger partial charge >= 0.3 is 6.18 Å². The highest BCUT2D eigenvalue weighted by atomic mass is 19.4. The van der Waals surface area contributed by atoms with Gasteiger partial charge in [-0.25, -0.2) is 0 Å². The molecule has 0 amide bonds. The summed E-state index contributed by atoms with van der Waals surface area (Å²) in [6.45, 7) is 4.37. The van der Waals surface area contributed by atoms with Gasteiger partial charge in [-0.3, -0.25) is 0 Å². The highest BCUT2D eigenvalue weighted by Gasteiger charge is 2.32. The molecule has 0 saturated carbocycles. The molecule has 0 bridgehead atoms. The van der Waals surface area contributed by atoms with Crippen molar-refractivity contribution in [1.29, 1.82) is 0 Å². The van der Waals surface area contributed by atoms with Crippen LogP contribution < -0.4 is 11.1 Å². The maximum atomic E-state index is 12.3. The lowest BCUT2D eigenvalue weighted by Gasteiger charge is -2.26. The van der Waals surface area contributed by atoms with Crippen LogP contribution in [0.1, 0.15) is 32.4 Å². The van der Waals surface area contributed by atoms with Crippen molar-refractivity contribution < 1.29 is 13.2 Å². The molecule has 0 spiro atoms. The van der Waals surface area contributed by atoms with Crippen molar-refractivity contribution >= 4 is 5.82 Å².